The number of carbonyl (C=O) groups is 1. The molecule has 0 fully saturated rings. The fourth-order valence-corrected chi connectivity index (χ4v) is 4.46. The number of aromatic nitrogens is 4. The summed E-state index contributed by atoms with van der Waals surface area (Å²) >= 11 is 6.53. The quantitative estimate of drug-likeness (QED) is 0.599. The van der Waals surface area contributed by atoms with Crippen molar-refractivity contribution < 1.29 is 23.1 Å². The van der Waals surface area contributed by atoms with Crippen LogP contribution in [-0.2, 0) is 19.2 Å². The number of rotatable bonds is 3. The number of aliphatic hydroxyl groups is 1. The third kappa shape index (κ3) is 3.73. The predicted octanol–water partition coefficient (Wildman–Crippen LogP) is 3.80. The average Bonchev–Trinajstić information content (AvgIpc) is 3.34. The molecule has 12 heteroatoms. The number of amides is 1. The molecule has 1 aliphatic heterocycles. The molecule has 0 saturated carbocycles. The van der Waals surface area contributed by atoms with E-state index >= 15 is 0 Å². The van der Waals surface area contributed by atoms with E-state index in [4.69, 9.17) is 16.9 Å². The number of hydrogen-bond donors (Lipinski definition) is 1. The molecule has 8 nitrogen and oxygen atoms in total. The summed E-state index contributed by atoms with van der Waals surface area (Å²) in [5.74, 6) is -1.00. The van der Waals surface area contributed by atoms with Gasteiger partial charge in [-0.15, -0.1) is 0 Å². The summed E-state index contributed by atoms with van der Waals surface area (Å²) in [6.45, 7) is 2.35. The molecular weight excluding hydrogens is 473 g/mol. The van der Waals surface area contributed by atoms with Crippen LogP contribution in [0.5, 0.6) is 0 Å². The Morgan fingerprint density at radius 2 is 1.94 bits per heavy atom. The van der Waals surface area contributed by atoms with Crippen LogP contribution >= 0.6 is 11.6 Å². The molecule has 2 atom stereocenters. The third-order valence-corrected chi connectivity index (χ3v) is 6.26. The number of aryl methyl sites for hydroxylation is 1. The van der Waals surface area contributed by atoms with Crippen LogP contribution in [0.1, 0.15) is 47.5 Å². The number of imidazole rings is 1. The smallest absolute Gasteiger partial charge is 0.374 e. The van der Waals surface area contributed by atoms with Gasteiger partial charge in [0, 0.05) is 19.2 Å². The molecule has 2 aromatic heterocycles. The second kappa shape index (κ2) is 8.14. The van der Waals surface area contributed by atoms with Gasteiger partial charge in [0.2, 0.25) is 5.60 Å². The monoisotopic (exact) mass is 492 g/mol. The van der Waals surface area contributed by atoms with Crippen LogP contribution in [0.4, 0.5) is 13.2 Å². The van der Waals surface area contributed by atoms with Gasteiger partial charge in [0.1, 0.15) is 0 Å². The molecule has 178 valence electrons. The molecule has 0 bridgehead atoms. The summed E-state index contributed by atoms with van der Waals surface area (Å²) in [5, 5.41) is 23.5. The Bertz CT molecular complexity index is 1300. The van der Waals surface area contributed by atoms with E-state index in [0.717, 1.165) is 0 Å². The molecule has 4 rings (SSSR count). The van der Waals surface area contributed by atoms with E-state index in [2.05, 4.69) is 10.1 Å². The summed E-state index contributed by atoms with van der Waals surface area (Å²) in [7, 11) is 1.63. The van der Waals surface area contributed by atoms with Gasteiger partial charge in [-0.25, -0.2) is 4.98 Å². The number of alkyl halides is 3. The second-order valence-electron chi connectivity index (χ2n) is 8.37. The number of carbonyl (C=O) groups excluding carboxylic acids is 1. The van der Waals surface area contributed by atoms with Crippen molar-refractivity contribution in [3.8, 4) is 17.3 Å². The molecule has 0 radical (unpaired) electrons. The second-order valence-corrected chi connectivity index (χ2v) is 8.75. The van der Waals surface area contributed by atoms with Crippen molar-refractivity contribution >= 4 is 17.5 Å². The lowest BCUT2D eigenvalue weighted by molar-refractivity contribution is -0.263. The minimum absolute atomic E-state index is 0.00574. The number of nitrogens with zero attached hydrogens (tertiary/aromatic N) is 6. The topological polar surface area (TPSA) is 100.0 Å². The van der Waals surface area contributed by atoms with Gasteiger partial charge in [-0.3, -0.25) is 9.48 Å². The molecular formula is C22H20ClF3N6O2. The summed E-state index contributed by atoms with van der Waals surface area (Å²) < 4.78 is 42.9. The third-order valence-electron chi connectivity index (χ3n) is 5.91. The van der Waals surface area contributed by atoms with Gasteiger partial charge < -0.3 is 14.6 Å². The van der Waals surface area contributed by atoms with Crippen molar-refractivity contribution in [1.82, 2.24) is 24.2 Å². The van der Waals surface area contributed by atoms with Gasteiger partial charge in [0.15, 0.2) is 11.5 Å². The average molecular weight is 493 g/mol. The van der Waals surface area contributed by atoms with E-state index in [0.29, 0.717) is 29.4 Å². The molecule has 0 unspecified atom stereocenters. The lowest BCUT2D eigenvalue weighted by atomic mass is 10.0. The summed E-state index contributed by atoms with van der Waals surface area (Å²) in [4.78, 5) is 18.6. The summed E-state index contributed by atoms with van der Waals surface area (Å²) in [6, 6.07) is 8.10. The predicted molar refractivity (Wildman–Crippen MR) is 116 cm³/mol. The van der Waals surface area contributed by atoms with E-state index in [9.17, 15) is 23.1 Å². The van der Waals surface area contributed by atoms with Crippen molar-refractivity contribution in [3.63, 3.8) is 0 Å². The van der Waals surface area contributed by atoms with Gasteiger partial charge in [-0.2, -0.15) is 23.5 Å². The Balaban J connectivity index is 1.65. The fourth-order valence-electron chi connectivity index (χ4n) is 4.11. The summed E-state index contributed by atoms with van der Waals surface area (Å²) in [5.41, 5.74) is -1.14. The maximum atomic E-state index is 13.4. The van der Waals surface area contributed by atoms with E-state index < -0.39 is 29.6 Å². The van der Waals surface area contributed by atoms with Crippen LogP contribution in [0.2, 0.25) is 5.02 Å². The van der Waals surface area contributed by atoms with Crippen LogP contribution in [0.25, 0.3) is 11.3 Å². The van der Waals surface area contributed by atoms with Crippen molar-refractivity contribution in [1.29, 1.82) is 5.26 Å². The highest BCUT2D eigenvalue weighted by molar-refractivity contribution is 6.36. The molecule has 3 heterocycles. The standard InChI is InChI=1S/C22H20ClF3N6O2/c1-12-10-31(11-15-9-28-20(32(12)15)21(2,34)22(24,25)26)19(33)17-16(23)18(30(3)29-17)14-6-4-13(8-27)5-7-14/h4-7,9,12,34H,10-11H2,1-3H3/t12-,21+/m0/s1. The van der Waals surface area contributed by atoms with Gasteiger partial charge in [-0.1, -0.05) is 23.7 Å². The molecule has 0 aliphatic carbocycles. The van der Waals surface area contributed by atoms with Gasteiger partial charge in [-0.05, 0) is 26.0 Å². The zero-order valence-electron chi connectivity index (χ0n) is 18.4. The van der Waals surface area contributed by atoms with E-state index in [1.807, 2.05) is 6.07 Å². The lowest BCUT2D eigenvalue weighted by Gasteiger charge is -2.36. The van der Waals surface area contributed by atoms with Crippen LogP contribution < -0.4 is 0 Å². The first kappa shape index (κ1) is 23.8. The highest BCUT2D eigenvalue weighted by atomic mass is 35.5. The van der Waals surface area contributed by atoms with Crippen molar-refractivity contribution in [2.75, 3.05) is 6.54 Å². The van der Waals surface area contributed by atoms with Crippen LogP contribution in [-0.4, -0.2) is 48.0 Å². The van der Waals surface area contributed by atoms with Crippen LogP contribution in [0.15, 0.2) is 30.5 Å². The molecule has 1 N–H and O–H groups in total. The molecule has 1 amide bonds. The maximum Gasteiger partial charge on any atom is 0.424 e. The van der Waals surface area contributed by atoms with E-state index in [-0.39, 0.29) is 23.8 Å². The summed E-state index contributed by atoms with van der Waals surface area (Å²) in [6.07, 6.45) is -3.68. The largest absolute Gasteiger partial charge is 0.424 e. The maximum absolute atomic E-state index is 13.4. The Morgan fingerprint density at radius 1 is 1.29 bits per heavy atom. The molecule has 34 heavy (non-hydrogen) atoms. The SMILES string of the molecule is C[C@H]1CN(C(=O)c2nn(C)c(-c3ccc(C#N)cc3)c2Cl)Cc2cnc([C@@](C)(O)C(F)(F)F)n21. The Hall–Kier alpha value is -3.36. The number of fused-ring (bicyclic) bond motifs is 1. The lowest BCUT2D eigenvalue weighted by Crippen LogP contribution is -2.45. The Labute approximate surface area is 197 Å². The first-order chi connectivity index (χ1) is 15.9. The molecule has 1 aliphatic rings. The van der Waals surface area contributed by atoms with Crippen molar-refractivity contribution in [2.45, 2.75) is 38.2 Å². The van der Waals surface area contributed by atoms with Gasteiger partial charge >= 0.3 is 6.18 Å². The molecule has 0 saturated heterocycles. The number of hydrogen-bond acceptors (Lipinski definition) is 5. The number of halogens is 4. The molecule has 3 aromatic rings. The van der Waals surface area contributed by atoms with E-state index in [1.165, 1.54) is 20.3 Å². The molecule has 1 aromatic carbocycles. The van der Waals surface area contributed by atoms with Crippen molar-refractivity contribution in [2.24, 2.45) is 7.05 Å². The van der Waals surface area contributed by atoms with Gasteiger partial charge in [0.05, 0.1) is 46.8 Å². The van der Waals surface area contributed by atoms with E-state index in [1.54, 1.807) is 38.2 Å². The Morgan fingerprint density at radius 3 is 2.53 bits per heavy atom. The Kier molecular flexibility index (Phi) is 5.70. The minimum Gasteiger partial charge on any atom is -0.374 e. The zero-order valence-corrected chi connectivity index (χ0v) is 19.2. The van der Waals surface area contributed by atoms with Crippen LogP contribution in [0.3, 0.4) is 0 Å². The highest BCUT2D eigenvalue weighted by Crippen LogP contribution is 2.40. The van der Waals surface area contributed by atoms with Gasteiger partial charge in [0.25, 0.3) is 5.91 Å². The molecule has 0 spiro atoms. The minimum atomic E-state index is -4.91. The highest BCUT2D eigenvalue weighted by Gasteiger charge is 2.55. The van der Waals surface area contributed by atoms with Crippen molar-refractivity contribution in [3.05, 3.63) is 58.3 Å². The van der Waals surface area contributed by atoms with Crippen LogP contribution in [0, 0.1) is 11.3 Å². The fraction of sp³-hybridized carbons (Fsp3) is 0.364. The number of nitriles is 1. The first-order valence-corrected chi connectivity index (χ1v) is 10.6. The number of benzene rings is 1. The first-order valence-electron chi connectivity index (χ1n) is 10.2. The zero-order chi connectivity index (χ0) is 25.0. The normalized spacial score (nSPS) is 17.7.